The minimum atomic E-state index is 0.608. The van der Waals surface area contributed by atoms with Crippen LogP contribution < -0.4 is 5.32 Å². The molecule has 0 aliphatic heterocycles. The van der Waals surface area contributed by atoms with Crippen LogP contribution in [0, 0.1) is 0 Å². The van der Waals surface area contributed by atoms with Crippen molar-refractivity contribution in [2.24, 2.45) is 0 Å². The van der Waals surface area contributed by atoms with E-state index in [-0.39, 0.29) is 0 Å². The number of pyridine rings is 1. The van der Waals surface area contributed by atoms with Crippen molar-refractivity contribution in [1.82, 2.24) is 15.0 Å². The van der Waals surface area contributed by atoms with E-state index in [2.05, 4.69) is 36.2 Å². The molecular formula is C10H9BrN4S. The lowest BCUT2D eigenvalue weighted by atomic mass is 10.5. The zero-order valence-electron chi connectivity index (χ0n) is 8.51. The molecule has 0 aliphatic carbocycles. The molecule has 82 valence electrons. The van der Waals surface area contributed by atoms with Gasteiger partial charge in [-0.25, -0.2) is 15.0 Å². The third-order valence-electron chi connectivity index (χ3n) is 1.78. The molecule has 0 spiro atoms. The highest BCUT2D eigenvalue weighted by Gasteiger charge is 2.04. The fourth-order valence-electron chi connectivity index (χ4n) is 1.06. The topological polar surface area (TPSA) is 50.7 Å². The van der Waals surface area contributed by atoms with E-state index in [0.29, 0.717) is 5.95 Å². The lowest BCUT2D eigenvalue weighted by Crippen LogP contribution is -1.96. The van der Waals surface area contributed by atoms with E-state index in [1.165, 1.54) is 11.8 Å². The van der Waals surface area contributed by atoms with E-state index in [4.69, 9.17) is 0 Å². The fourth-order valence-corrected chi connectivity index (χ4v) is 2.30. The molecule has 2 heterocycles. The molecule has 16 heavy (non-hydrogen) atoms. The summed E-state index contributed by atoms with van der Waals surface area (Å²) in [6.45, 7) is 0. The van der Waals surface area contributed by atoms with Crippen molar-refractivity contribution in [3.05, 3.63) is 35.1 Å². The maximum absolute atomic E-state index is 4.31. The Morgan fingerprint density at radius 1 is 1.25 bits per heavy atom. The van der Waals surface area contributed by atoms with Crippen LogP contribution in [0.1, 0.15) is 0 Å². The highest BCUT2D eigenvalue weighted by molar-refractivity contribution is 9.10. The van der Waals surface area contributed by atoms with Gasteiger partial charge in [-0.1, -0.05) is 0 Å². The van der Waals surface area contributed by atoms with Gasteiger partial charge in [0, 0.05) is 19.4 Å². The summed E-state index contributed by atoms with van der Waals surface area (Å²) in [5.74, 6) is 0.608. The van der Waals surface area contributed by atoms with Crippen molar-refractivity contribution in [2.45, 2.75) is 10.1 Å². The number of aromatic nitrogens is 3. The van der Waals surface area contributed by atoms with Crippen LogP contribution in [0.3, 0.4) is 0 Å². The average Bonchev–Trinajstić information content (AvgIpc) is 2.32. The molecule has 0 saturated heterocycles. The molecular weight excluding hydrogens is 288 g/mol. The lowest BCUT2D eigenvalue weighted by molar-refractivity contribution is 1.03. The first-order chi connectivity index (χ1) is 7.79. The molecule has 0 radical (unpaired) electrons. The first kappa shape index (κ1) is 11.3. The molecule has 0 fully saturated rings. The summed E-state index contributed by atoms with van der Waals surface area (Å²) in [6, 6.07) is 5.69. The SMILES string of the molecule is CNc1nccc(Sc2ncccc2Br)n1. The third-order valence-corrected chi connectivity index (χ3v) is 3.64. The summed E-state index contributed by atoms with van der Waals surface area (Å²) in [5.41, 5.74) is 0. The molecule has 6 heteroatoms. The normalized spacial score (nSPS) is 10.1. The zero-order chi connectivity index (χ0) is 11.4. The van der Waals surface area contributed by atoms with Gasteiger partial charge in [-0.3, -0.25) is 0 Å². The Bertz CT molecular complexity index is 492. The number of rotatable bonds is 3. The molecule has 0 bridgehead atoms. The molecule has 0 unspecified atom stereocenters. The Morgan fingerprint density at radius 3 is 2.88 bits per heavy atom. The summed E-state index contributed by atoms with van der Waals surface area (Å²) >= 11 is 4.94. The van der Waals surface area contributed by atoms with E-state index in [9.17, 15) is 0 Å². The molecule has 1 N–H and O–H groups in total. The van der Waals surface area contributed by atoms with Gasteiger partial charge in [-0.05, 0) is 45.9 Å². The predicted octanol–water partition coefficient (Wildman–Crippen LogP) is 2.83. The zero-order valence-corrected chi connectivity index (χ0v) is 10.9. The summed E-state index contributed by atoms with van der Waals surface area (Å²) in [4.78, 5) is 12.6. The van der Waals surface area contributed by atoms with Crippen LogP contribution in [-0.2, 0) is 0 Å². The Morgan fingerprint density at radius 2 is 2.12 bits per heavy atom. The first-order valence-corrected chi connectivity index (χ1v) is 6.19. The molecule has 0 aliphatic rings. The van der Waals surface area contributed by atoms with Crippen molar-refractivity contribution < 1.29 is 0 Å². The molecule has 2 rings (SSSR count). The predicted molar refractivity (Wildman–Crippen MR) is 67.6 cm³/mol. The van der Waals surface area contributed by atoms with Crippen molar-refractivity contribution in [3.63, 3.8) is 0 Å². The van der Waals surface area contributed by atoms with Gasteiger partial charge < -0.3 is 5.32 Å². The summed E-state index contributed by atoms with van der Waals surface area (Å²) in [5, 5.41) is 4.65. The van der Waals surface area contributed by atoms with E-state index in [1.54, 1.807) is 19.4 Å². The maximum Gasteiger partial charge on any atom is 0.223 e. The van der Waals surface area contributed by atoms with E-state index in [0.717, 1.165) is 14.5 Å². The Kier molecular flexibility index (Phi) is 3.74. The summed E-state index contributed by atoms with van der Waals surface area (Å²) in [7, 11) is 1.79. The number of hydrogen-bond donors (Lipinski definition) is 1. The van der Waals surface area contributed by atoms with Crippen LogP contribution in [-0.4, -0.2) is 22.0 Å². The Labute approximate surface area is 106 Å². The number of nitrogens with one attached hydrogen (secondary N) is 1. The minimum absolute atomic E-state index is 0.608. The van der Waals surface area contributed by atoms with Crippen LogP contribution in [0.15, 0.2) is 45.1 Å². The lowest BCUT2D eigenvalue weighted by Gasteiger charge is -2.03. The van der Waals surface area contributed by atoms with E-state index >= 15 is 0 Å². The van der Waals surface area contributed by atoms with E-state index < -0.39 is 0 Å². The van der Waals surface area contributed by atoms with Gasteiger partial charge in [-0.15, -0.1) is 0 Å². The van der Waals surface area contributed by atoms with Gasteiger partial charge in [0.2, 0.25) is 5.95 Å². The fraction of sp³-hybridized carbons (Fsp3) is 0.100. The molecule has 0 amide bonds. The van der Waals surface area contributed by atoms with E-state index in [1.807, 2.05) is 18.2 Å². The number of hydrogen-bond acceptors (Lipinski definition) is 5. The molecule has 0 atom stereocenters. The van der Waals surface area contributed by atoms with Crippen LogP contribution in [0.4, 0.5) is 5.95 Å². The Balaban J connectivity index is 2.24. The third kappa shape index (κ3) is 2.70. The second-order valence-electron chi connectivity index (χ2n) is 2.86. The van der Waals surface area contributed by atoms with Crippen molar-refractivity contribution in [3.8, 4) is 0 Å². The molecule has 4 nitrogen and oxygen atoms in total. The quantitative estimate of drug-likeness (QED) is 0.883. The standard InChI is InChI=1S/C10H9BrN4S/c1-12-10-14-6-4-8(15-10)16-9-7(11)3-2-5-13-9/h2-6H,1H3,(H,12,14,15). The monoisotopic (exact) mass is 296 g/mol. The summed E-state index contributed by atoms with van der Waals surface area (Å²) in [6.07, 6.45) is 3.48. The highest BCUT2D eigenvalue weighted by Crippen LogP contribution is 2.30. The molecule has 2 aromatic rings. The smallest absolute Gasteiger partial charge is 0.223 e. The number of halogens is 1. The summed E-state index contributed by atoms with van der Waals surface area (Å²) < 4.78 is 0.963. The largest absolute Gasteiger partial charge is 0.357 e. The van der Waals surface area contributed by atoms with Gasteiger partial charge in [0.05, 0.1) is 4.47 Å². The van der Waals surface area contributed by atoms with Crippen LogP contribution in [0.5, 0.6) is 0 Å². The Hall–Kier alpha value is -1.14. The van der Waals surface area contributed by atoms with Crippen molar-refractivity contribution >= 4 is 33.6 Å². The van der Waals surface area contributed by atoms with Gasteiger partial charge in [0.25, 0.3) is 0 Å². The highest BCUT2D eigenvalue weighted by atomic mass is 79.9. The van der Waals surface area contributed by atoms with Crippen LogP contribution in [0.2, 0.25) is 0 Å². The van der Waals surface area contributed by atoms with Gasteiger partial charge >= 0.3 is 0 Å². The number of nitrogens with zero attached hydrogens (tertiary/aromatic N) is 3. The minimum Gasteiger partial charge on any atom is -0.357 e. The molecule has 0 saturated carbocycles. The maximum atomic E-state index is 4.31. The van der Waals surface area contributed by atoms with Gasteiger partial charge in [0.15, 0.2) is 0 Å². The van der Waals surface area contributed by atoms with Gasteiger partial charge in [0.1, 0.15) is 10.1 Å². The van der Waals surface area contributed by atoms with Crippen molar-refractivity contribution in [1.29, 1.82) is 0 Å². The molecule has 0 aromatic carbocycles. The van der Waals surface area contributed by atoms with Crippen molar-refractivity contribution in [2.75, 3.05) is 12.4 Å². The average molecular weight is 297 g/mol. The van der Waals surface area contributed by atoms with Gasteiger partial charge in [-0.2, -0.15) is 0 Å². The number of anilines is 1. The first-order valence-electron chi connectivity index (χ1n) is 4.59. The second-order valence-corrected chi connectivity index (χ2v) is 4.72. The van der Waals surface area contributed by atoms with Crippen LogP contribution in [0.25, 0.3) is 0 Å². The van der Waals surface area contributed by atoms with Crippen LogP contribution >= 0.6 is 27.7 Å². The molecule has 2 aromatic heterocycles. The second kappa shape index (κ2) is 5.27.